The van der Waals surface area contributed by atoms with Gasteiger partial charge in [0.05, 0.1) is 0 Å². The first kappa shape index (κ1) is 20.1. The maximum Gasteiger partial charge on any atom is 0.408 e. The SMILES string of the molecule is CSCCC(NC(=O)OC(C)(C)C)C(=O)NCCN(C)C1CC1. The fourth-order valence-corrected chi connectivity index (χ4v) is 2.60. The van der Waals surface area contributed by atoms with Crippen LogP contribution in [0.1, 0.15) is 40.0 Å². The van der Waals surface area contributed by atoms with E-state index >= 15 is 0 Å². The van der Waals surface area contributed by atoms with Crippen molar-refractivity contribution in [3.63, 3.8) is 0 Å². The van der Waals surface area contributed by atoms with Gasteiger partial charge in [-0.15, -0.1) is 0 Å². The highest BCUT2D eigenvalue weighted by Crippen LogP contribution is 2.24. The highest BCUT2D eigenvalue weighted by atomic mass is 32.2. The Morgan fingerprint density at radius 1 is 1.35 bits per heavy atom. The lowest BCUT2D eigenvalue weighted by atomic mass is 10.2. The summed E-state index contributed by atoms with van der Waals surface area (Å²) in [6.07, 6.45) is 4.52. The van der Waals surface area contributed by atoms with Crippen molar-refractivity contribution in [2.45, 2.75) is 57.7 Å². The molecule has 0 aromatic carbocycles. The Morgan fingerprint density at radius 3 is 2.52 bits per heavy atom. The summed E-state index contributed by atoms with van der Waals surface area (Å²) in [6, 6.07) is 0.127. The fourth-order valence-electron chi connectivity index (χ4n) is 2.13. The lowest BCUT2D eigenvalue weighted by molar-refractivity contribution is -0.123. The number of nitrogens with one attached hydrogen (secondary N) is 2. The number of rotatable bonds is 9. The van der Waals surface area contributed by atoms with E-state index in [1.165, 1.54) is 12.8 Å². The van der Waals surface area contributed by atoms with Gasteiger partial charge in [-0.25, -0.2) is 4.79 Å². The number of amides is 2. The van der Waals surface area contributed by atoms with Crippen LogP contribution >= 0.6 is 11.8 Å². The van der Waals surface area contributed by atoms with Crippen molar-refractivity contribution >= 4 is 23.8 Å². The standard InChI is InChI=1S/C16H31N3O3S/c1-16(2,3)22-15(21)18-13(8-11-23-5)14(20)17-9-10-19(4)12-6-7-12/h12-13H,6-11H2,1-5H3,(H,17,20)(H,18,21). The van der Waals surface area contributed by atoms with Gasteiger partial charge in [-0.1, -0.05) is 0 Å². The predicted molar refractivity (Wildman–Crippen MR) is 94.8 cm³/mol. The quantitative estimate of drug-likeness (QED) is 0.667. The van der Waals surface area contributed by atoms with Crippen LogP contribution in [-0.2, 0) is 9.53 Å². The van der Waals surface area contributed by atoms with Gasteiger partial charge in [-0.3, -0.25) is 4.79 Å². The second-order valence-corrected chi connectivity index (χ2v) is 7.97. The second kappa shape index (κ2) is 9.37. The molecule has 1 unspecified atom stereocenters. The first-order chi connectivity index (χ1) is 10.7. The van der Waals surface area contributed by atoms with Crippen LogP contribution < -0.4 is 10.6 Å². The first-order valence-corrected chi connectivity index (χ1v) is 9.58. The van der Waals surface area contributed by atoms with Gasteiger partial charge in [-0.05, 0) is 59.1 Å². The van der Waals surface area contributed by atoms with Crippen LogP contribution in [0.15, 0.2) is 0 Å². The maximum absolute atomic E-state index is 12.3. The van der Waals surface area contributed by atoms with Crippen LogP contribution in [0.3, 0.4) is 0 Å². The molecule has 0 saturated heterocycles. The number of hydrogen-bond donors (Lipinski definition) is 2. The molecule has 134 valence electrons. The van der Waals surface area contributed by atoms with Crippen LogP contribution in [0.2, 0.25) is 0 Å². The Labute approximate surface area is 144 Å². The van der Waals surface area contributed by atoms with Crippen molar-refractivity contribution in [3.05, 3.63) is 0 Å². The Balaban J connectivity index is 2.40. The van der Waals surface area contributed by atoms with E-state index in [1.807, 2.05) is 6.26 Å². The number of ether oxygens (including phenoxy) is 1. The van der Waals surface area contributed by atoms with Gasteiger partial charge in [0, 0.05) is 19.1 Å². The lowest BCUT2D eigenvalue weighted by Crippen LogP contribution is -2.49. The summed E-state index contributed by atoms with van der Waals surface area (Å²) in [7, 11) is 2.08. The minimum absolute atomic E-state index is 0.144. The molecule has 1 fully saturated rings. The molecular formula is C16H31N3O3S. The number of carbonyl (C=O) groups excluding carboxylic acids is 2. The van der Waals surface area contributed by atoms with Crippen LogP contribution in [0.4, 0.5) is 4.79 Å². The molecule has 0 aliphatic heterocycles. The van der Waals surface area contributed by atoms with Gasteiger partial charge in [0.15, 0.2) is 0 Å². The minimum atomic E-state index is -0.572. The van der Waals surface area contributed by atoms with Crippen molar-refractivity contribution < 1.29 is 14.3 Å². The molecule has 0 radical (unpaired) electrons. The van der Waals surface area contributed by atoms with Crippen molar-refractivity contribution in [1.29, 1.82) is 0 Å². The largest absolute Gasteiger partial charge is 0.444 e. The second-order valence-electron chi connectivity index (χ2n) is 6.98. The van der Waals surface area contributed by atoms with Crippen molar-refractivity contribution in [1.82, 2.24) is 15.5 Å². The highest BCUT2D eigenvalue weighted by molar-refractivity contribution is 7.98. The molecule has 1 aliphatic rings. The van der Waals surface area contributed by atoms with E-state index in [2.05, 4.69) is 22.6 Å². The number of likely N-dealkylation sites (N-methyl/N-ethyl adjacent to an activating group) is 1. The topological polar surface area (TPSA) is 70.7 Å². The van der Waals surface area contributed by atoms with Gasteiger partial charge in [0.1, 0.15) is 11.6 Å². The Hall–Kier alpha value is -0.950. The van der Waals surface area contributed by atoms with Crippen LogP contribution in [0, 0.1) is 0 Å². The summed E-state index contributed by atoms with van der Waals surface area (Å²) in [5, 5.41) is 5.59. The van der Waals surface area contributed by atoms with E-state index in [0.29, 0.717) is 19.0 Å². The fraction of sp³-hybridized carbons (Fsp3) is 0.875. The van der Waals surface area contributed by atoms with Gasteiger partial charge >= 0.3 is 6.09 Å². The van der Waals surface area contributed by atoms with Crippen molar-refractivity contribution in [2.24, 2.45) is 0 Å². The molecule has 0 aromatic rings. The van der Waals surface area contributed by atoms with E-state index in [4.69, 9.17) is 4.74 Å². The molecule has 1 saturated carbocycles. The van der Waals surface area contributed by atoms with Crippen molar-refractivity contribution in [3.8, 4) is 0 Å². The average Bonchev–Trinajstić information content (AvgIpc) is 3.25. The molecule has 2 amide bonds. The number of nitrogens with zero attached hydrogens (tertiary/aromatic N) is 1. The van der Waals surface area contributed by atoms with Gasteiger partial charge in [0.2, 0.25) is 5.91 Å². The number of alkyl carbamates (subject to hydrolysis) is 1. The maximum atomic E-state index is 12.3. The van der Waals surface area contributed by atoms with Gasteiger partial charge in [-0.2, -0.15) is 11.8 Å². The van der Waals surface area contributed by atoms with Crippen LogP contribution in [0.5, 0.6) is 0 Å². The predicted octanol–water partition coefficient (Wildman–Crippen LogP) is 1.84. The average molecular weight is 346 g/mol. The third kappa shape index (κ3) is 9.05. The van der Waals surface area contributed by atoms with Gasteiger partial charge < -0.3 is 20.3 Å². The molecule has 1 atom stereocenters. The van der Waals surface area contributed by atoms with Gasteiger partial charge in [0.25, 0.3) is 0 Å². The lowest BCUT2D eigenvalue weighted by Gasteiger charge is -2.23. The zero-order chi connectivity index (χ0) is 17.5. The molecule has 0 aromatic heterocycles. The molecule has 0 heterocycles. The normalized spacial score (nSPS) is 16.1. The third-order valence-corrected chi connectivity index (χ3v) is 4.20. The molecule has 0 spiro atoms. The van der Waals surface area contributed by atoms with E-state index in [9.17, 15) is 9.59 Å². The number of hydrogen-bond acceptors (Lipinski definition) is 5. The Bertz CT molecular complexity index is 395. The molecular weight excluding hydrogens is 314 g/mol. The molecule has 6 nitrogen and oxygen atoms in total. The molecule has 1 rings (SSSR count). The monoisotopic (exact) mass is 345 g/mol. The van der Waals surface area contributed by atoms with E-state index < -0.39 is 17.7 Å². The highest BCUT2D eigenvalue weighted by Gasteiger charge is 2.26. The van der Waals surface area contributed by atoms with E-state index in [1.54, 1.807) is 32.5 Å². The number of thioether (sulfide) groups is 1. The van der Waals surface area contributed by atoms with Crippen molar-refractivity contribution in [2.75, 3.05) is 32.1 Å². The first-order valence-electron chi connectivity index (χ1n) is 8.19. The zero-order valence-electron chi connectivity index (χ0n) is 15.0. The molecule has 0 bridgehead atoms. The zero-order valence-corrected chi connectivity index (χ0v) is 15.8. The van der Waals surface area contributed by atoms with E-state index in [0.717, 1.165) is 12.3 Å². The molecule has 23 heavy (non-hydrogen) atoms. The Kier molecular flexibility index (Phi) is 8.19. The van der Waals surface area contributed by atoms with E-state index in [-0.39, 0.29) is 5.91 Å². The summed E-state index contributed by atoms with van der Waals surface area (Å²) < 4.78 is 5.24. The number of carbonyl (C=O) groups is 2. The summed E-state index contributed by atoms with van der Waals surface area (Å²) in [5.41, 5.74) is -0.572. The molecule has 1 aliphatic carbocycles. The Morgan fingerprint density at radius 2 is 2.00 bits per heavy atom. The summed E-state index contributed by atoms with van der Waals surface area (Å²) in [5.74, 6) is 0.657. The molecule has 7 heteroatoms. The third-order valence-electron chi connectivity index (χ3n) is 3.55. The summed E-state index contributed by atoms with van der Waals surface area (Å²) in [6.45, 7) is 6.83. The van der Waals surface area contributed by atoms with Crippen LogP contribution in [0.25, 0.3) is 0 Å². The summed E-state index contributed by atoms with van der Waals surface area (Å²) in [4.78, 5) is 26.5. The minimum Gasteiger partial charge on any atom is -0.444 e. The summed E-state index contributed by atoms with van der Waals surface area (Å²) >= 11 is 1.65. The smallest absolute Gasteiger partial charge is 0.408 e. The molecule has 2 N–H and O–H groups in total. The van der Waals surface area contributed by atoms with Crippen LogP contribution in [-0.4, -0.2) is 66.7 Å².